The van der Waals surface area contributed by atoms with Crippen molar-refractivity contribution in [3.8, 4) is 17.1 Å². The molecule has 11 heteroatoms. The van der Waals surface area contributed by atoms with E-state index < -0.39 is 42.1 Å². The first-order valence-electron chi connectivity index (χ1n) is 13.1. The minimum Gasteiger partial charge on any atom is -0.496 e. The average molecular weight is 582 g/mol. The number of nitrogens with zero attached hydrogens (tertiary/aromatic N) is 1. The van der Waals surface area contributed by atoms with Crippen LogP contribution in [0.1, 0.15) is 37.1 Å². The summed E-state index contributed by atoms with van der Waals surface area (Å²) in [5.41, 5.74) is 3.04. The molecule has 1 aromatic heterocycles. The number of methoxy groups -OCH3 is 1. The number of hydrogen-bond acceptors (Lipinski definition) is 8. The number of ketones is 1. The number of carboxylic acids is 1. The zero-order valence-corrected chi connectivity index (χ0v) is 24.3. The normalized spacial score (nSPS) is 12.4. The molecule has 2 aromatic carbocycles. The Labute approximate surface area is 243 Å². The minimum atomic E-state index is -1.22. The van der Waals surface area contributed by atoms with Crippen molar-refractivity contribution >= 4 is 35.3 Å². The standard InChI is InChI=1S/C30H35N3O7S/c1-18(2)29(30(38)31-23(15-28(36)37)24(34)17-41-16-20-8-6-5-7-9-20)32-27(35)14-22-13-21(10-11-25(22)39-4)26-12-19(3)33-40-26/h5-13,18,23,29H,14-17H2,1-4H3,(H,31,38)(H,32,35)(H,36,37)/t23?,29-/m0/s1. The molecule has 41 heavy (non-hydrogen) atoms. The lowest BCUT2D eigenvalue weighted by atomic mass is 10.0. The van der Waals surface area contributed by atoms with Crippen LogP contribution in [0, 0.1) is 12.8 Å². The topological polar surface area (TPSA) is 148 Å². The van der Waals surface area contributed by atoms with Crippen LogP contribution < -0.4 is 15.4 Å². The summed E-state index contributed by atoms with van der Waals surface area (Å²) in [7, 11) is 1.50. The van der Waals surface area contributed by atoms with Gasteiger partial charge in [-0.25, -0.2) is 0 Å². The average Bonchev–Trinajstić information content (AvgIpc) is 3.37. The van der Waals surface area contributed by atoms with E-state index in [1.54, 1.807) is 45.0 Å². The lowest BCUT2D eigenvalue weighted by Gasteiger charge is -2.25. The largest absolute Gasteiger partial charge is 0.496 e. The van der Waals surface area contributed by atoms with E-state index in [-0.39, 0.29) is 18.1 Å². The SMILES string of the molecule is COc1ccc(-c2cc(C)no2)cc1CC(=O)N[C@H](C(=O)NC(CC(=O)O)C(=O)CSCc1ccccc1)C(C)C. The number of nitrogens with one attached hydrogen (secondary N) is 2. The number of aryl methyl sites for hydroxylation is 1. The number of carbonyl (C=O) groups excluding carboxylic acids is 3. The maximum Gasteiger partial charge on any atom is 0.305 e. The second kappa shape index (κ2) is 15.0. The van der Waals surface area contributed by atoms with Gasteiger partial charge in [-0.15, -0.1) is 11.8 Å². The molecule has 3 N–H and O–H groups in total. The third-order valence-electron chi connectivity index (χ3n) is 6.25. The monoisotopic (exact) mass is 581 g/mol. The van der Waals surface area contributed by atoms with Crippen molar-refractivity contribution in [2.24, 2.45) is 5.92 Å². The summed E-state index contributed by atoms with van der Waals surface area (Å²) in [6.45, 7) is 5.31. The van der Waals surface area contributed by atoms with Crippen LogP contribution in [0.4, 0.5) is 0 Å². The van der Waals surface area contributed by atoms with E-state index in [0.29, 0.717) is 28.4 Å². The first-order valence-corrected chi connectivity index (χ1v) is 14.3. The number of amides is 2. The Balaban J connectivity index is 1.66. The number of hydrogen-bond donors (Lipinski definition) is 3. The van der Waals surface area contributed by atoms with Gasteiger partial charge in [-0.05, 0) is 36.6 Å². The molecule has 1 unspecified atom stereocenters. The lowest BCUT2D eigenvalue weighted by Crippen LogP contribution is -2.54. The Bertz CT molecular complexity index is 1360. The molecule has 0 saturated carbocycles. The molecule has 2 atom stereocenters. The minimum absolute atomic E-state index is 0.0344. The molecule has 0 bridgehead atoms. The van der Waals surface area contributed by atoms with E-state index in [9.17, 15) is 24.3 Å². The maximum atomic E-state index is 13.2. The first-order chi connectivity index (χ1) is 19.6. The van der Waals surface area contributed by atoms with Crippen molar-refractivity contribution in [1.29, 1.82) is 0 Å². The summed E-state index contributed by atoms with van der Waals surface area (Å²) in [5, 5.41) is 18.6. The van der Waals surface area contributed by atoms with Gasteiger partial charge >= 0.3 is 5.97 Å². The van der Waals surface area contributed by atoms with Crippen LogP contribution in [0.15, 0.2) is 59.1 Å². The Hall–Kier alpha value is -4.12. The van der Waals surface area contributed by atoms with Crippen LogP contribution in [-0.4, -0.2) is 58.8 Å². The Kier molecular flexibility index (Phi) is 11.5. The zero-order valence-electron chi connectivity index (χ0n) is 23.5. The summed E-state index contributed by atoms with van der Waals surface area (Å²) in [6.07, 6.45) is -0.644. The highest BCUT2D eigenvalue weighted by Gasteiger charge is 2.30. The summed E-state index contributed by atoms with van der Waals surface area (Å²) >= 11 is 1.34. The van der Waals surface area contributed by atoms with Crippen molar-refractivity contribution in [3.05, 3.63) is 71.4 Å². The smallest absolute Gasteiger partial charge is 0.305 e. The van der Waals surface area contributed by atoms with E-state index in [4.69, 9.17) is 9.26 Å². The summed E-state index contributed by atoms with van der Waals surface area (Å²) in [6, 6.07) is 14.4. The van der Waals surface area contributed by atoms with Crippen LogP contribution >= 0.6 is 11.8 Å². The number of aromatic nitrogens is 1. The van der Waals surface area contributed by atoms with E-state index >= 15 is 0 Å². The van der Waals surface area contributed by atoms with E-state index in [1.165, 1.54) is 18.9 Å². The number of rotatable bonds is 15. The summed E-state index contributed by atoms with van der Waals surface area (Å²) in [4.78, 5) is 50.6. The van der Waals surface area contributed by atoms with Gasteiger partial charge < -0.3 is 25.0 Å². The van der Waals surface area contributed by atoms with Crippen molar-refractivity contribution < 1.29 is 33.5 Å². The number of carbonyl (C=O) groups is 4. The molecular formula is C30H35N3O7S. The quantitative estimate of drug-likeness (QED) is 0.244. The predicted octanol–water partition coefficient (Wildman–Crippen LogP) is 3.80. The predicted molar refractivity (Wildman–Crippen MR) is 155 cm³/mol. The van der Waals surface area contributed by atoms with Crippen molar-refractivity contribution in [1.82, 2.24) is 15.8 Å². The van der Waals surface area contributed by atoms with Gasteiger partial charge in [0.05, 0.1) is 37.4 Å². The number of thioether (sulfide) groups is 1. The van der Waals surface area contributed by atoms with Crippen LogP contribution in [0.3, 0.4) is 0 Å². The van der Waals surface area contributed by atoms with Gasteiger partial charge in [-0.2, -0.15) is 0 Å². The van der Waals surface area contributed by atoms with Crippen LogP contribution in [0.25, 0.3) is 11.3 Å². The molecule has 0 fully saturated rings. The molecule has 3 aromatic rings. The second-order valence-electron chi connectivity index (χ2n) is 9.93. The van der Waals surface area contributed by atoms with E-state index in [0.717, 1.165) is 11.3 Å². The molecule has 0 radical (unpaired) electrons. The molecule has 0 aliphatic heterocycles. The van der Waals surface area contributed by atoms with Gasteiger partial charge in [0.25, 0.3) is 0 Å². The Morgan fingerprint density at radius 3 is 2.39 bits per heavy atom. The lowest BCUT2D eigenvalue weighted by molar-refractivity contribution is -0.140. The van der Waals surface area contributed by atoms with Gasteiger partial charge in [0.1, 0.15) is 11.8 Å². The summed E-state index contributed by atoms with van der Waals surface area (Å²) < 4.78 is 10.7. The highest BCUT2D eigenvalue weighted by atomic mass is 32.2. The van der Waals surface area contributed by atoms with E-state index in [1.807, 2.05) is 30.3 Å². The molecule has 0 aliphatic carbocycles. The second-order valence-corrected chi connectivity index (χ2v) is 10.9. The molecule has 0 saturated heterocycles. The molecule has 218 valence electrons. The fourth-order valence-corrected chi connectivity index (χ4v) is 5.06. The van der Waals surface area contributed by atoms with Crippen molar-refractivity contribution in [3.63, 3.8) is 0 Å². The molecule has 3 rings (SSSR count). The van der Waals surface area contributed by atoms with Gasteiger partial charge in [-0.3, -0.25) is 19.2 Å². The fraction of sp³-hybridized carbons (Fsp3) is 0.367. The highest BCUT2D eigenvalue weighted by Crippen LogP contribution is 2.27. The number of Topliss-reactive ketones (excluding diaryl/α,β-unsaturated/α-hetero) is 1. The molecule has 2 amide bonds. The molecule has 1 heterocycles. The van der Waals surface area contributed by atoms with Crippen LogP contribution in [0.5, 0.6) is 5.75 Å². The molecule has 10 nitrogen and oxygen atoms in total. The van der Waals surface area contributed by atoms with Crippen LogP contribution in [0.2, 0.25) is 0 Å². The maximum absolute atomic E-state index is 13.2. The molecule has 0 spiro atoms. The van der Waals surface area contributed by atoms with Gasteiger partial charge in [-0.1, -0.05) is 49.3 Å². The first kappa shape index (κ1) is 31.4. The Morgan fingerprint density at radius 1 is 1.05 bits per heavy atom. The number of carboxylic acid groups (broad SMARTS) is 1. The van der Waals surface area contributed by atoms with Gasteiger partial charge in [0.2, 0.25) is 11.8 Å². The summed E-state index contributed by atoms with van der Waals surface area (Å²) in [5.74, 6) is -1.37. The Morgan fingerprint density at radius 2 is 1.78 bits per heavy atom. The molecular weight excluding hydrogens is 546 g/mol. The number of aliphatic carboxylic acids is 1. The third kappa shape index (κ3) is 9.49. The number of ether oxygens (including phenoxy) is 1. The third-order valence-corrected chi connectivity index (χ3v) is 7.28. The van der Waals surface area contributed by atoms with Gasteiger partial charge in [0.15, 0.2) is 11.5 Å². The van der Waals surface area contributed by atoms with Gasteiger partial charge in [0, 0.05) is 22.9 Å². The van der Waals surface area contributed by atoms with E-state index in [2.05, 4.69) is 15.8 Å². The van der Waals surface area contributed by atoms with Crippen molar-refractivity contribution in [2.75, 3.05) is 12.9 Å². The van der Waals surface area contributed by atoms with Crippen LogP contribution in [-0.2, 0) is 31.4 Å². The number of benzene rings is 2. The van der Waals surface area contributed by atoms with Crippen molar-refractivity contribution in [2.45, 2.75) is 51.4 Å². The molecule has 0 aliphatic rings. The zero-order chi connectivity index (χ0) is 29.9. The highest BCUT2D eigenvalue weighted by molar-refractivity contribution is 7.99. The fourth-order valence-electron chi connectivity index (χ4n) is 4.13.